The largest absolute Gasteiger partial charge is 0.341 e. The highest BCUT2D eigenvalue weighted by molar-refractivity contribution is 7.92. The van der Waals surface area contributed by atoms with Gasteiger partial charge in [-0.1, -0.05) is 25.4 Å². The Hall–Kier alpha value is -1.27. The van der Waals surface area contributed by atoms with Crippen molar-refractivity contribution >= 4 is 33.2 Å². The van der Waals surface area contributed by atoms with Crippen LogP contribution in [0.4, 0.5) is 5.69 Å². The molecule has 23 heavy (non-hydrogen) atoms. The second-order valence-electron chi connectivity index (χ2n) is 5.58. The van der Waals surface area contributed by atoms with E-state index in [1.165, 1.54) is 0 Å². The smallest absolute Gasteiger partial charge is 0.243 e. The van der Waals surface area contributed by atoms with Gasteiger partial charge in [-0.3, -0.25) is 9.10 Å². The van der Waals surface area contributed by atoms with Crippen molar-refractivity contribution in [2.75, 3.05) is 30.2 Å². The maximum absolute atomic E-state index is 12.5. The fourth-order valence-electron chi connectivity index (χ4n) is 2.40. The lowest BCUT2D eigenvalue weighted by molar-refractivity contribution is -0.129. The van der Waals surface area contributed by atoms with Crippen molar-refractivity contribution in [3.63, 3.8) is 0 Å². The molecule has 0 bridgehead atoms. The SMILES string of the molecule is CCCN(CCC)C(=O)CN(c1ccc(Cl)cc1C)S(C)(=O)=O. The number of carbonyl (C=O) groups is 1. The van der Waals surface area contributed by atoms with E-state index in [1.807, 2.05) is 13.8 Å². The molecule has 130 valence electrons. The molecule has 0 heterocycles. The molecule has 0 atom stereocenters. The zero-order valence-corrected chi connectivity index (χ0v) is 15.7. The van der Waals surface area contributed by atoms with E-state index < -0.39 is 10.0 Å². The minimum atomic E-state index is -3.57. The van der Waals surface area contributed by atoms with Gasteiger partial charge < -0.3 is 4.90 Å². The van der Waals surface area contributed by atoms with E-state index in [0.29, 0.717) is 29.4 Å². The molecule has 0 aliphatic rings. The Labute approximate surface area is 144 Å². The van der Waals surface area contributed by atoms with E-state index in [9.17, 15) is 13.2 Å². The lowest BCUT2D eigenvalue weighted by Gasteiger charge is -2.28. The van der Waals surface area contributed by atoms with E-state index in [4.69, 9.17) is 11.6 Å². The van der Waals surface area contributed by atoms with Crippen molar-refractivity contribution in [1.29, 1.82) is 0 Å². The Morgan fingerprint density at radius 1 is 1.17 bits per heavy atom. The molecular formula is C16H25ClN2O3S. The Balaban J connectivity index is 3.11. The molecule has 0 aliphatic carbocycles. The molecule has 0 unspecified atom stereocenters. The molecule has 0 spiro atoms. The number of benzene rings is 1. The van der Waals surface area contributed by atoms with E-state index in [1.54, 1.807) is 30.0 Å². The van der Waals surface area contributed by atoms with Crippen molar-refractivity contribution in [3.8, 4) is 0 Å². The normalized spacial score (nSPS) is 11.3. The van der Waals surface area contributed by atoms with Crippen molar-refractivity contribution in [1.82, 2.24) is 4.90 Å². The molecule has 1 rings (SSSR count). The number of anilines is 1. The van der Waals surface area contributed by atoms with Crippen LogP contribution in [0.5, 0.6) is 0 Å². The maximum atomic E-state index is 12.5. The predicted molar refractivity (Wildman–Crippen MR) is 95.5 cm³/mol. The average molecular weight is 361 g/mol. The third kappa shape index (κ3) is 5.70. The molecule has 0 aliphatic heterocycles. The molecule has 5 nitrogen and oxygen atoms in total. The number of hydrogen-bond acceptors (Lipinski definition) is 3. The summed E-state index contributed by atoms with van der Waals surface area (Å²) < 4.78 is 25.5. The highest BCUT2D eigenvalue weighted by atomic mass is 35.5. The van der Waals surface area contributed by atoms with E-state index in [0.717, 1.165) is 23.4 Å². The topological polar surface area (TPSA) is 57.7 Å². The molecular weight excluding hydrogens is 336 g/mol. The molecule has 0 saturated heterocycles. The first kappa shape index (κ1) is 19.8. The van der Waals surface area contributed by atoms with Crippen LogP contribution in [0, 0.1) is 6.92 Å². The molecule has 1 aromatic carbocycles. The average Bonchev–Trinajstić information content (AvgIpc) is 2.44. The minimum absolute atomic E-state index is 0.187. The summed E-state index contributed by atoms with van der Waals surface area (Å²) in [6.07, 6.45) is 2.79. The first-order chi connectivity index (χ1) is 10.7. The van der Waals surface area contributed by atoms with Gasteiger partial charge in [-0.15, -0.1) is 0 Å². The van der Waals surface area contributed by atoms with Crippen molar-refractivity contribution in [2.24, 2.45) is 0 Å². The number of hydrogen-bond donors (Lipinski definition) is 0. The lowest BCUT2D eigenvalue weighted by atomic mass is 10.2. The van der Waals surface area contributed by atoms with Gasteiger partial charge in [0, 0.05) is 18.1 Å². The summed E-state index contributed by atoms with van der Waals surface area (Å²) in [7, 11) is -3.57. The molecule has 7 heteroatoms. The highest BCUT2D eigenvalue weighted by Crippen LogP contribution is 2.25. The standard InChI is InChI=1S/C16H25ClN2O3S/c1-5-9-18(10-6-2)16(20)12-19(23(4,21)22)15-8-7-14(17)11-13(15)3/h7-8,11H,5-6,9-10,12H2,1-4H3. The number of amides is 1. The summed E-state index contributed by atoms with van der Waals surface area (Å²) in [4.78, 5) is 14.2. The Morgan fingerprint density at radius 2 is 1.74 bits per heavy atom. The van der Waals surface area contributed by atoms with Crippen LogP contribution in [0.15, 0.2) is 18.2 Å². The van der Waals surface area contributed by atoms with Crippen LogP contribution in [0.2, 0.25) is 5.02 Å². The quantitative estimate of drug-likeness (QED) is 0.715. The van der Waals surface area contributed by atoms with E-state index in [2.05, 4.69) is 0 Å². The summed E-state index contributed by atoms with van der Waals surface area (Å²) >= 11 is 5.93. The van der Waals surface area contributed by atoms with Crippen LogP contribution in [-0.2, 0) is 14.8 Å². The van der Waals surface area contributed by atoms with Crippen LogP contribution in [0.25, 0.3) is 0 Å². The Kier molecular flexibility index (Phi) is 7.35. The molecule has 1 aromatic rings. The highest BCUT2D eigenvalue weighted by Gasteiger charge is 2.24. The maximum Gasteiger partial charge on any atom is 0.243 e. The lowest BCUT2D eigenvalue weighted by Crippen LogP contribution is -2.43. The monoisotopic (exact) mass is 360 g/mol. The van der Waals surface area contributed by atoms with Gasteiger partial charge in [0.15, 0.2) is 0 Å². The summed E-state index contributed by atoms with van der Waals surface area (Å²) in [6.45, 7) is 6.83. The number of nitrogens with zero attached hydrogens (tertiary/aromatic N) is 2. The third-order valence-corrected chi connectivity index (χ3v) is 4.81. The zero-order chi connectivity index (χ0) is 17.6. The first-order valence-corrected chi connectivity index (χ1v) is 9.95. The molecule has 0 radical (unpaired) electrons. The van der Waals surface area contributed by atoms with Crippen LogP contribution in [-0.4, -0.2) is 45.1 Å². The second kappa shape index (κ2) is 8.55. The van der Waals surface area contributed by atoms with Gasteiger partial charge in [-0.2, -0.15) is 0 Å². The Morgan fingerprint density at radius 3 is 2.17 bits per heavy atom. The van der Waals surface area contributed by atoms with Crippen LogP contribution < -0.4 is 4.31 Å². The van der Waals surface area contributed by atoms with E-state index in [-0.39, 0.29) is 12.5 Å². The first-order valence-electron chi connectivity index (χ1n) is 7.72. The van der Waals surface area contributed by atoms with Crippen molar-refractivity contribution < 1.29 is 13.2 Å². The van der Waals surface area contributed by atoms with Gasteiger partial charge in [0.05, 0.1) is 11.9 Å². The number of sulfonamides is 1. The molecule has 0 aromatic heterocycles. The minimum Gasteiger partial charge on any atom is -0.341 e. The molecule has 0 saturated carbocycles. The van der Waals surface area contributed by atoms with Gasteiger partial charge in [0.1, 0.15) is 6.54 Å². The van der Waals surface area contributed by atoms with Crippen molar-refractivity contribution in [2.45, 2.75) is 33.6 Å². The van der Waals surface area contributed by atoms with E-state index >= 15 is 0 Å². The van der Waals surface area contributed by atoms with Gasteiger partial charge in [0.2, 0.25) is 15.9 Å². The Bertz CT molecular complexity index is 641. The number of rotatable bonds is 8. The van der Waals surface area contributed by atoms with Crippen LogP contribution in [0.1, 0.15) is 32.3 Å². The van der Waals surface area contributed by atoms with Crippen LogP contribution >= 0.6 is 11.6 Å². The summed E-state index contributed by atoms with van der Waals surface area (Å²) in [6, 6.07) is 4.95. The fraction of sp³-hybridized carbons (Fsp3) is 0.562. The zero-order valence-electron chi connectivity index (χ0n) is 14.2. The fourth-order valence-corrected chi connectivity index (χ4v) is 3.54. The number of carbonyl (C=O) groups excluding carboxylic acids is 1. The van der Waals surface area contributed by atoms with Gasteiger partial charge in [-0.05, 0) is 43.5 Å². The molecule has 0 fully saturated rings. The number of aryl methyl sites for hydroxylation is 1. The summed E-state index contributed by atoms with van der Waals surface area (Å²) in [5.74, 6) is -0.187. The number of halogens is 1. The predicted octanol–water partition coefficient (Wildman–Crippen LogP) is 3.06. The second-order valence-corrected chi connectivity index (χ2v) is 7.92. The van der Waals surface area contributed by atoms with Gasteiger partial charge >= 0.3 is 0 Å². The van der Waals surface area contributed by atoms with Crippen molar-refractivity contribution in [3.05, 3.63) is 28.8 Å². The summed E-state index contributed by atoms with van der Waals surface area (Å²) in [5.41, 5.74) is 1.20. The molecule has 1 amide bonds. The molecule has 0 N–H and O–H groups in total. The summed E-state index contributed by atoms with van der Waals surface area (Å²) in [5, 5.41) is 0.532. The van der Waals surface area contributed by atoms with Gasteiger partial charge in [-0.25, -0.2) is 8.42 Å². The van der Waals surface area contributed by atoms with Gasteiger partial charge in [0.25, 0.3) is 0 Å². The third-order valence-electron chi connectivity index (χ3n) is 3.45. The van der Waals surface area contributed by atoms with Crippen LogP contribution in [0.3, 0.4) is 0 Å².